The number of hydrogen-bond acceptors (Lipinski definition) is 7. The second-order valence-corrected chi connectivity index (χ2v) is 8.26. The highest BCUT2D eigenvalue weighted by Crippen LogP contribution is 2.27. The average Bonchev–Trinajstić information content (AvgIpc) is 3.40. The summed E-state index contributed by atoms with van der Waals surface area (Å²) >= 11 is 0. The van der Waals surface area contributed by atoms with Crippen LogP contribution in [0.4, 0.5) is 0 Å². The molecule has 0 unspecified atom stereocenters. The van der Waals surface area contributed by atoms with Crippen LogP contribution >= 0.6 is 0 Å². The summed E-state index contributed by atoms with van der Waals surface area (Å²) in [6, 6.07) is 11.9. The molecule has 9 nitrogen and oxygen atoms in total. The molecule has 0 N–H and O–H groups in total. The zero-order valence-corrected chi connectivity index (χ0v) is 19.1. The normalized spacial score (nSPS) is 11.5. The van der Waals surface area contributed by atoms with Gasteiger partial charge in [-0.15, -0.1) is 5.10 Å². The van der Waals surface area contributed by atoms with E-state index in [9.17, 15) is 0 Å². The van der Waals surface area contributed by atoms with Crippen LogP contribution in [-0.4, -0.2) is 65.0 Å². The van der Waals surface area contributed by atoms with Gasteiger partial charge in [0.2, 0.25) is 0 Å². The van der Waals surface area contributed by atoms with Gasteiger partial charge in [0, 0.05) is 30.2 Å². The monoisotopic (exact) mass is 439 g/mol. The number of pyridine rings is 1. The summed E-state index contributed by atoms with van der Waals surface area (Å²) in [5, 5.41) is 9.34. The molecule has 0 radical (unpaired) electrons. The number of hydrogen-bond donors (Lipinski definition) is 0. The highest BCUT2D eigenvalue weighted by Gasteiger charge is 2.18. The predicted octanol–water partition coefficient (Wildman–Crippen LogP) is 3.31. The molecule has 0 aliphatic heterocycles. The van der Waals surface area contributed by atoms with Gasteiger partial charge in [-0.05, 0) is 58.3 Å². The Hall–Kier alpha value is -3.98. The molecule has 1 aromatic carbocycles. The van der Waals surface area contributed by atoms with Crippen molar-refractivity contribution < 1.29 is 0 Å². The first kappa shape index (κ1) is 20.9. The Morgan fingerprint density at radius 2 is 1.79 bits per heavy atom. The van der Waals surface area contributed by atoms with Crippen molar-refractivity contribution in [1.29, 1.82) is 0 Å². The van der Waals surface area contributed by atoms with Crippen molar-refractivity contribution in [2.75, 3.05) is 20.6 Å². The Bertz CT molecular complexity index is 1410. The molecule has 0 amide bonds. The minimum Gasteiger partial charge on any atom is -0.308 e. The molecule has 0 saturated carbocycles. The molecule has 0 saturated heterocycles. The molecule has 9 heteroatoms. The quantitative estimate of drug-likeness (QED) is 0.401. The van der Waals surface area contributed by atoms with E-state index in [-0.39, 0.29) is 0 Å². The van der Waals surface area contributed by atoms with Gasteiger partial charge in [0.1, 0.15) is 5.69 Å². The number of nitrogens with zero attached hydrogens (tertiary/aromatic N) is 9. The molecule has 4 aromatic heterocycles. The highest BCUT2D eigenvalue weighted by molar-refractivity contribution is 5.89. The van der Waals surface area contributed by atoms with Crippen molar-refractivity contribution in [1.82, 2.24) is 44.4 Å². The first-order valence-corrected chi connectivity index (χ1v) is 10.8. The lowest BCUT2D eigenvalue weighted by atomic mass is 10.1. The molecular weight excluding hydrogens is 414 g/mol. The van der Waals surface area contributed by atoms with E-state index >= 15 is 0 Å². The fourth-order valence-corrected chi connectivity index (χ4v) is 3.81. The van der Waals surface area contributed by atoms with Crippen molar-refractivity contribution in [2.24, 2.45) is 0 Å². The molecule has 0 aliphatic rings. The van der Waals surface area contributed by atoms with Crippen molar-refractivity contribution >= 4 is 11.0 Å². The van der Waals surface area contributed by atoms with E-state index in [1.54, 1.807) is 18.6 Å². The van der Waals surface area contributed by atoms with Crippen molar-refractivity contribution in [3.63, 3.8) is 0 Å². The first-order chi connectivity index (χ1) is 16.0. The van der Waals surface area contributed by atoms with Crippen LogP contribution in [-0.2, 0) is 6.54 Å². The summed E-state index contributed by atoms with van der Waals surface area (Å²) in [7, 11) is 4.08. The SMILES string of the molecule is Cc1cc(C)n(-c2ccc(-c3nc(-c4cccc5nccnc45)n(CCN(C)C)n3)nc2)n1. The topological polar surface area (TPSA) is 90.4 Å². The van der Waals surface area contributed by atoms with Crippen LogP contribution in [0.15, 0.2) is 55.0 Å². The number of aryl methyl sites for hydroxylation is 2. The fraction of sp³-hybridized carbons (Fsp3) is 0.250. The van der Waals surface area contributed by atoms with Crippen molar-refractivity contribution in [2.45, 2.75) is 20.4 Å². The number of aromatic nitrogens is 8. The van der Waals surface area contributed by atoms with Crippen molar-refractivity contribution in [3.8, 4) is 28.6 Å². The van der Waals surface area contributed by atoms with E-state index in [0.29, 0.717) is 18.1 Å². The third-order valence-corrected chi connectivity index (χ3v) is 5.40. The maximum Gasteiger partial charge on any atom is 0.200 e. The Morgan fingerprint density at radius 3 is 2.52 bits per heavy atom. The number of likely N-dealkylation sites (N-methyl/N-ethyl adjacent to an activating group) is 1. The van der Waals surface area contributed by atoms with E-state index in [1.807, 2.05) is 73.7 Å². The predicted molar refractivity (Wildman–Crippen MR) is 127 cm³/mol. The maximum absolute atomic E-state index is 4.88. The molecule has 5 rings (SSSR count). The molecule has 33 heavy (non-hydrogen) atoms. The lowest BCUT2D eigenvalue weighted by Crippen LogP contribution is -2.19. The van der Waals surface area contributed by atoms with Gasteiger partial charge in [0.05, 0.1) is 35.2 Å². The number of benzene rings is 1. The summed E-state index contributed by atoms with van der Waals surface area (Å²) in [6.07, 6.45) is 5.20. The van der Waals surface area contributed by atoms with E-state index in [2.05, 4.69) is 25.0 Å². The molecule has 0 atom stereocenters. The summed E-state index contributed by atoms with van der Waals surface area (Å²) in [4.78, 5) is 20.6. The van der Waals surface area contributed by atoms with Gasteiger partial charge in [0.15, 0.2) is 11.6 Å². The number of rotatable bonds is 6. The molecule has 0 bridgehead atoms. The lowest BCUT2D eigenvalue weighted by molar-refractivity contribution is 0.374. The van der Waals surface area contributed by atoms with E-state index in [4.69, 9.17) is 10.1 Å². The standard InChI is InChI=1S/C24H25N9/c1-16-14-17(2)33(29-16)18-8-9-21(27-15-18)23-28-24(32(30-23)13-12-31(3)4)19-6-5-7-20-22(19)26-11-10-25-20/h5-11,14-15H,12-13H2,1-4H3. The van der Waals surface area contributed by atoms with Gasteiger partial charge in [-0.25, -0.2) is 14.3 Å². The second-order valence-electron chi connectivity index (χ2n) is 8.26. The van der Waals surface area contributed by atoms with Gasteiger partial charge in [-0.3, -0.25) is 15.0 Å². The van der Waals surface area contributed by atoms with Crippen LogP contribution < -0.4 is 0 Å². The smallest absolute Gasteiger partial charge is 0.200 e. The minimum atomic E-state index is 0.574. The Balaban J connectivity index is 1.57. The number of fused-ring (bicyclic) bond motifs is 1. The van der Waals surface area contributed by atoms with E-state index < -0.39 is 0 Å². The molecule has 4 heterocycles. The van der Waals surface area contributed by atoms with Crippen LogP contribution in [0.25, 0.3) is 39.6 Å². The van der Waals surface area contributed by atoms with E-state index in [1.165, 1.54) is 0 Å². The van der Waals surface area contributed by atoms with E-state index in [0.717, 1.165) is 46.0 Å². The van der Waals surface area contributed by atoms with Gasteiger partial charge in [0.25, 0.3) is 0 Å². The maximum atomic E-state index is 4.88. The van der Waals surface area contributed by atoms with Crippen LogP contribution in [0, 0.1) is 13.8 Å². The van der Waals surface area contributed by atoms with Crippen molar-refractivity contribution in [3.05, 3.63) is 66.4 Å². The number of para-hydroxylation sites is 1. The van der Waals surface area contributed by atoms with Gasteiger partial charge < -0.3 is 4.90 Å². The third-order valence-electron chi connectivity index (χ3n) is 5.40. The second kappa shape index (κ2) is 8.51. The molecule has 0 aliphatic carbocycles. The van der Waals surface area contributed by atoms with Crippen LogP contribution in [0.3, 0.4) is 0 Å². The zero-order chi connectivity index (χ0) is 22.9. The first-order valence-electron chi connectivity index (χ1n) is 10.8. The molecule has 5 aromatic rings. The van der Waals surface area contributed by atoms with Gasteiger partial charge in [-0.1, -0.05) is 6.07 Å². The minimum absolute atomic E-state index is 0.574. The molecular formula is C24H25N9. The summed E-state index contributed by atoms with van der Waals surface area (Å²) in [5.74, 6) is 1.33. The molecule has 0 fully saturated rings. The van der Waals surface area contributed by atoms with Crippen LogP contribution in [0.2, 0.25) is 0 Å². The summed E-state index contributed by atoms with van der Waals surface area (Å²) in [5.41, 5.74) is 6.17. The van der Waals surface area contributed by atoms with Gasteiger partial charge >= 0.3 is 0 Å². The largest absolute Gasteiger partial charge is 0.308 e. The van der Waals surface area contributed by atoms with Crippen LogP contribution in [0.1, 0.15) is 11.4 Å². The Labute approximate surface area is 191 Å². The summed E-state index contributed by atoms with van der Waals surface area (Å²) < 4.78 is 3.81. The molecule has 0 spiro atoms. The third kappa shape index (κ3) is 4.10. The zero-order valence-electron chi connectivity index (χ0n) is 19.1. The molecule has 166 valence electrons. The van der Waals surface area contributed by atoms with Gasteiger partial charge in [-0.2, -0.15) is 5.10 Å². The highest BCUT2D eigenvalue weighted by atomic mass is 15.4. The lowest BCUT2D eigenvalue weighted by Gasteiger charge is -2.11. The fourth-order valence-electron chi connectivity index (χ4n) is 3.81. The summed E-state index contributed by atoms with van der Waals surface area (Å²) in [6.45, 7) is 5.53. The van der Waals surface area contributed by atoms with Crippen LogP contribution in [0.5, 0.6) is 0 Å². The Kier molecular flexibility index (Phi) is 5.39. The average molecular weight is 440 g/mol. The Morgan fingerprint density at radius 1 is 0.939 bits per heavy atom.